The van der Waals surface area contributed by atoms with E-state index in [0.717, 1.165) is 18.2 Å². The normalized spacial score (nSPS) is 11.2. The molecule has 0 saturated heterocycles. The Balaban J connectivity index is 2.35. The van der Waals surface area contributed by atoms with Gasteiger partial charge in [0.05, 0.1) is 23.5 Å². The van der Waals surface area contributed by atoms with E-state index < -0.39 is 15.8 Å². The molecule has 3 N–H and O–H groups in total. The van der Waals surface area contributed by atoms with Crippen LogP contribution in [0.15, 0.2) is 41.3 Å². The van der Waals surface area contributed by atoms with E-state index in [2.05, 4.69) is 4.72 Å². The molecule has 21 heavy (non-hydrogen) atoms. The molecule has 0 atom stereocenters. The summed E-state index contributed by atoms with van der Waals surface area (Å²) in [6.07, 6.45) is 0. The molecule has 0 aliphatic rings. The minimum absolute atomic E-state index is 0.205. The van der Waals surface area contributed by atoms with Gasteiger partial charge in [-0.1, -0.05) is 11.6 Å². The molecule has 2 rings (SSSR count). The standard InChI is InChI=1S/C13H12ClFN2O3S/c1-20-12-4-3-9(7-11(12)16)17-21(18,19)13-5-2-8(15)6-10(13)14/h2-7,17H,16H2,1H3. The summed E-state index contributed by atoms with van der Waals surface area (Å²) in [5.41, 5.74) is 6.23. The predicted molar refractivity (Wildman–Crippen MR) is 79.6 cm³/mol. The number of sulfonamides is 1. The quantitative estimate of drug-likeness (QED) is 0.845. The lowest BCUT2D eigenvalue weighted by Crippen LogP contribution is -2.13. The zero-order chi connectivity index (χ0) is 15.6. The third-order valence-electron chi connectivity index (χ3n) is 2.67. The molecule has 0 saturated carbocycles. The van der Waals surface area contributed by atoms with E-state index in [1.807, 2.05) is 0 Å². The van der Waals surface area contributed by atoms with Crippen molar-refractivity contribution in [3.8, 4) is 5.75 Å². The molecule has 0 spiro atoms. The van der Waals surface area contributed by atoms with Crippen molar-refractivity contribution in [1.29, 1.82) is 0 Å². The first-order valence-electron chi connectivity index (χ1n) is 5.75. The van der Waals surface area contributed by atoms with Crippen LogP contribution in [0.5, 0.6) is 5.75 Å². The topological polar surface area (TPSA) is 81.4 Å². The van der Waals surface area contributed by atoms with E-state index in [9.17, 15) is 12.8 Å². The molecule has 0 aromatic heterocycles. The van der Waals surface area contributed by atoms with Crippen LogP contribution in [-0.4, -0.2) is 15.5 Å². The summed E-state index contributed by atoms with van der Waals surface area (Å²) in [4.78, 5) is -0.222. The van der Waals surface area contributed by atoms with Gasteiger partial charge in [-0.25, -0.2) is 12.8 Å². The Morgan fingerprint density at radius 3 is 2.52 bits per heavy atom. The Labute approximate surface area is 126 Å². The molecule has 0 amide bonds. The molecular formula is C13H12ClFN2O3S. The van der Waals surface area contributed by atoms with Crippen LogP contribution in [0.25, 0.3) is 0 Å². The van der Waals surface area contributed by atoms with E-state index in [1.54, 1.807) is 0 Å². The predicted octanol–water partition coefficient (Wildman–Crippen LogP) is 2.87. The number of hydrogen-bond donors (Lipinski definition) is 2. The molecule has 0 heterocycles. The number of benzene rings is 2. The van der Waals surface area contributed by atoms with Gasteiger partial charge in [0.2, 0.25) is 0 Å². The average Bonchev–Trinajstić information content (AvgIpc) is 2.37. The highest BCUT2D eigenvalue weighted by Crippen LogP contribution is 2.28. The van der Waals surface area contributed by atoms with E-state index in [1.165, 1.54) is 25.3 Å². The Bertz CT molecular complexity index is 781. The number of nitrogen functional groups attached to an aromatic ring is 1. The van der Waals surface area contributed by atoms with Crippen molar-refractivity contribution < 1.29 is 17.5 Å². The molecule has 0 fully saturated rings. The zero-order valence-corrected chi connectivity index (χ0v) is 12.5. The van der Waals surface area contributed by atoms with Gasteiger partial charge in [-0.15, -0.1) is 0 Å². The van der Waals surface area contributed by atoms with Crippen LogP contribution in [0.2, 0.25) is 5.02 Å². The average molecular weight is 331 g/mol. The van der Waals surface area contributed by atoms with Crippen LogP contribution in [0, 0.1) is 5.82 Å². The summed E-state index contributed by atoms with van der Waals surface area (Å²) in [5.74, 6) is -0.189. The summed E-state index contributed by atoms with van der Waals surface area (Å²) in [6.45, 7) is 0. The second-order valence-corrected chi connectivity index (χ2v) is 6.19. The van der Waals surface area contributed by atoms with Crippen LogP contribution in [-0.2, 0) is 10.0 Å². The lowest BCUT2D eigenvalue weighted by Gasteiger charge is -2.11. The molecule has 0 aliphatic carbocycles. The van der Waals surface area contributed by atoms with Crippen LogP contribution in [0.1, 0.15) is 0 Å². The van der Waals surface area contributed by atoms with Crippen molar-refractivity contribution in [3.63, 3.8) is 0 Å². The number of nitrogens with one attached hydrogen (secondary N) is 1. The summed E-state index contributed by atoms with van der Waals surface area (Å²) in [7, 11) is -2.49. The lowest BCUT2D eigenvalue weighted by molar-refractivity contribution is 0.417. The van der Waals surface area contributed by atoms with Crippen molar-refractivity contribution in [2.45, 2.75) is 4.90 Å². The SMILES string of the molecule is COc1ccc(NS(=O)(=O)c2ccc(F)cc2Cl)cc1N. The third kappa shape index (κ3) is 3.37. The summed E-state index contributed by atoms with van der Waals surface area (Å²) in [5, 5.41) is -0.205. The number of methoxy groups -OCH3 is 1. The minimum Gasteiger partial charge on any atom is -0.495 e. The van der Waals surface area contributed by atoms with Gasteiger partial charge < -0.3 is 10.5 Å². The van der Waals surface area contributed by atoms with Crippen molar-refractivity contribution in [2.75, 3.05) is 17.6 Å². The Morgan fingerprint density at radius 2 is 1.95 bits per heavy atom. The van der Waals surface area contributed by atoms with E-state index in [4.69, 9.17) is 22.1 Å². The zero-order valence-electron chi connectivity index (χ0n) is 10.9. The molecule has 112 valence electrons. The van der Waals surface area contributed by atoms with E-state index in [-0.39, 0.29) is 21.3 Å². The van der Waals surface area contributed by atoms with Crippen molar-refractivity contribution in [2.24, 2.45) is 0 Å². The largest absolute Gasteiger partial charge is 0.495 e. The third-order valence-corrected chi connectivity index (χ3v) is 4.53. The minimum atomic E-state index is -3.94. The first kappa shape index (κ1) is 15.4. The van der Waals surface area contributed by atoms with Crippen LogP contribution >= 0.6 is 11.6 Å². The Hall–Kier alpha value is -1.99. The number of halogens is 2. The highest BCUT2D eigenvalue weighted by Gasteiger charge is 2.19. The molecule has 0 unspecified atom stereocenters. The second kappa shape index (κ2) is 5.79. The van der Waals surface area contributed by atoms with Gasteiger partial charge in [-0.3, -0.25) is 4.72 Å². The molecule has 0 radical (unpaired) electrons. The summed E-state index contributed by atoms with van der Waals surface area (Å²) < 4.78 is 44.7. The van der Waals surface area contributed by atoms with Gasteiger partial charge in [0.15, 0.2) is 0 Å². The number of hydrogen-bond acceptors (Lipinski definition) is 4. The molecule has 2 aromatic carbocycles. The van der Waals surface area contributed by atoms with Crippen LogP contribution in [0.4, 0.5) is 15.8 Å². The highest BCUT2D eigenvalue weighted by atomic mass is 35.5. The van der Waals surface area contributed by atoms with Gasteiger partial charge in [0.25, 0.3) is 10.0 Å². The number of ether oxygens (including phenoxy) is 1. The number of rotatable bonds is 4. The molecule has 5 nitrogen and oxygen atoms in total. The maximum Gasteiger partial charge on any atom is 0.263 e. The van der Waals surface area contributed by atoms with Gasteiger partial charge >= 0.3 is 0 Å². The molecule has 2 aromatic rings. The van der Waals surface area contributed by atoms with Gasteiger partial charge in [0.1, 0.15) is 16.5 Å². The monoisotopic (exact) mass is 330 g/mol. The smallest absolute Gasteiger partial charge is 0.263 e. The van der Waals surface area contributed by atoms with Crippen molar-refractivity contribution in [3.05, 3.63) is 47.2 Å². The van der Waals surface area contributed by atoms with Gasteiger partial charge in [-0.2, -0.15) is 0 Å². The van der Waals surface area contributed by atoms with Crippen molar-refractivity contribution in [1.82, 2.24) is 0 Å². The van der Waals surface area contributed by atoms with Gasteiger partial charge in [-0.05, 0) is 36.4 Å². The van der Waals surface area contributed by atoms with E-state index in [0.29, 0.717) is 5.75 Å². The first-order valence-corrected chi connectivity index (χ1v) is 7.61. The van der Waals surface area contributed by atoms with Gasteiger partial charge in [0, 0.05) is 0 Å². The lowest BCUT2D eigenvalue weighted by atomic mass is 10.2. The highest BCUT2D eigenvalue weighted by molar-refractivity contribution is 7.92. The number of nitrogens with two attached hydrogens (primary N) is 1. The second-order valence-electron chi connectivity index (χ2n) is 4.14. The van der Waals surface area contributed by atoms with Crippen LogP contribution in [0.3, 0.4) is 0 Å². The maximum atomic E-state index is 13.0. The Morgan fingerprint density at radius 1 is 1.24 bits per heavy atom. The maximum absolute atomic E-state index is 13.0. The molecule has 0 bridgehead atoms. The fourth-order valence-corrected chi connectivity index (χ4v) is 3.28. The van der Waals surface area contributed by atoms with Crippen molar-refractivity contribution >= 4 is 33.0 Å². The first-order chi connectivity index (χ1) is 9.83. The molecule has 0 aliphatic heterocycles. The fraction of sp³-hybridized carbons (Fsp3) is 0.0769. The summed E-state index contributed by atoms with van der Waals surface area (Å²) in [6, 6.07) is 7.46. The number of anilines is 2. The fourth-order valence-electron chi connectivity index (χ4n) is 1.70. The molecular weight excluding hydrogens is 319 g/mol. The molecule has 8 heteroatoms. The Kier molecular flexibility index (Phi) is 4.24. The summed E-state index contributed by atoms with van der Waals surface area (Å²) >= 11 is 5.76. The van der Waals surface area contributed by atoms with Crippen LogP contribution < -0.4 is 15.2 Å². The van der Waals surface area contributed by atoms with E-state index >= 15 is 0 Å².